The largest absolute Gasteiger partial charge is 0.0837 e. The Labute approximate surface area is 98.7 Å². The van der Waals surface area contributed by atoms with Crippen molar-refractivity contribution in [1.29, 1.82) is 0 Å². The molecule has 0 nitrogen and oxygen atoms in total. The fraction of sp³-hybridized carbons (Fsp3) is 0.375. The van der Waals surface area contributed by atoms with Gasteiger partial charge in [-0.3, -0.25) is 0 Å². The van der Waals surface area contributed by atoms with Gasteiger partial charge in [-0.2, -0.15) is 0 Å². The minimum Gasteiger partial charge on any atom is -0.0837 e. The van der Waals surface area contributed by atoms with Crippen LogP contribution in [0.3, 0.4) is 0 Å². The summed E-state index contributed by atoms with van der Waals surface area (Å²) in [7, 11) is 0. The molecule has 1 aliphatic carbocycles. The summed E-state index contributed by atoms with van der Waals surface area (Å²) in [6, 6.07) is 6.69. The van der Waals surface area contributed by atoms with E-state index in [1.807, 2.05) is 0 Å². The second-order valence-electron chi connectivity index (χ2n) is 5.25. The third-order valence-electron chi connectivity index (χ3n) is 3.47. The first-order chi connectivity index (χ1) is 7.61. The van der Waals surface area contributed by atoms with Crippen molar-refractivity contribution in [2.75, 3.05) is 0 Å². The van der Waals surface area contributed by atoms with Crippen molar-refractivity contribution in [2.24, 2.45) is 0 Å². The van der Waals surface area contributed by atoms with Crippen molar-refractivity contribution in [2.45, 2.75) is 39.0 Å². The summed E-state index contributed by atoms with van der Waals surface area (Å²) in [5, 5.41) is 0. The van der Waals surface area contributed by atoms with Crippen molar-refractivity contribution in [3.05, 3.63) is 59.2 Å². The number of fused-ring (bicyclic) bond motifs is 1. The quantitative estimate of drug-likeness (QED) is 0.600. The predicted octanol–water partition coefficient (Wildman–Crippen LogP) is 4.33. The van der Waals surface area contributed by atoms with E-state index >= 15 is 0 Å². The van der Waals surface area contributed by atoms with E-state index in [9.17, 15) is 0 Å². The molecular weight excluding hydrogens is 192 g/mol. The van der Waals surface area contributed by atoms with E-state index < -0.39 is 0 Å². The molecule has 0 saturated carbocycles. The Morgan fingerprint density at radius 1 is 1.06 bits per heavy atom. The maximum atomic E-state index is 2.33. The molecule has 0 radical (unpaired) electrons. The molecule has 2 rings (SSSR count). The Balaban J connectivity index is 2.56. The molecule has 0 bridgehead atoms. The molecule has 0 unspecified atom stereocenters. The minimum absolute atomic E-state index is 0.240. The van der Waals surface area contributed by atoms with Crippen LogP contribution in [-0.4, -0.2) is 0 Å². The molecule has 0 aliphatic heterocycles. The number of rotatable bonds is 0. The molecule has 0 saturated heterocycles. The molecule has 0 fully saturated rings. The second-order valence-corrected chi connectivity index (χ2v) is 5.25. The van der Waals surface area contributed by atoms with E-state index in [0.29, 0.717) is 0 Å². The number of hydrogen-bond donors (Lipinski definition) is 0. The smallest absolute Gasteiger partial charge is 0.00661 e. The van der Waals surface area contributed by atoms with Gasteiger partial charge < -0.3 is 0 Å². The molecule has 84 valence electrons. The van der Waals surface area contributed by atoms with Crippen LogP contribution in [0.5, 0.6) is 0 Å². The van der Waals surface area contributed by atoms with Crippen LogP contribution in [0.1, 0.15) is 37.0 Å². The molecule has 1 aromatic carbocycles. The Kier molecular flexibility index (Phi) is 3.00. The van der Waals surface area contributed by atoms with Gasteiger partial charge in [0.25, 0.3) is 0 Å². The monoisotopic (exact) mass is 212 g/mol. The summed E-state index contributed by atoms with van der Waals surface area (Å²) in [6.45, 7) is 6.88. The van der Waals surface area contributed by atoms with Crippen LogP contribution in [0.4, 0.5) is 0 Å². The van der Waals surface area contributed by atoms with E-state index in [4.69, 9.17) is 0 Å². The predicted molar refractivity (Wildman–Crippen MR) is 70.8 cm³/mol. The Morgan fingerprint density at radius 3 is 2.62 bits per heavy atom. The molecule has 0 heterocycles. The van der Waals surface area contributed by atoms with E-state index in [1.54, 1.807) is 0 Å². The lowest BCUT2D eigenvalue weighted by molar-refractivity contribution is 0.529. The van der Waals surface area contributed by atoms with Crippen LogP contribution in [0.15, 0.2) is 42.5 Å². The highest BCUT2D eigenvalue weighted by molar-refractivity contribution is 5.41. The molecule has 0 atom stereocenters. The van der Waals surface area contributed by atoms with Gasteiger partial charge in [0.15, 0.2) is 0 Å². The van der Waals surface area contributed by atoms with Gasteiger partial charge in [-0.15, -0.1) is 0 Å². The highest BCUT2D eigenvalue weighted by atomic mass is 14.3. The van der Waals surface area contributed by atoms with Gasteiger partial charge in [0, 0.05) is 0 Å². The number of aryl methyl sites for hydroxylation is 1. The van der Waals surface area contributed by atoms with Crippen LogP contribution in [0, 0.1) is 6.92 Å². The summed E-state index contributed by atoms with van der Waals surface area (Å²) < 4.78 is 0. The SMILES string of the molecule is Cc1cccc2c1CC=CC=CCC2(C)C. The summed E-state index contributed by atoms with van der Waals surface area (Å²) >= 11 is 0. The zero-order chi connectivity index (χ0) is 11.6. The Hall–Kier alpha value is -1.30. The minimum atomic E-state index is 0.240. The fourth-order valence-electron chi connectivity index (χ4n) is 2.42. The first kappa shape index (κ1) is 11.2. The van der Waals surface area contributed by atoms with Crippen molar-refractivity contribution in [3.63, 3.8) is 0 Å². The van der Waals surface area contributed by atoms with Gasteiger partial charge in [0.1, 0.15) is 0 Å². The molecular formula is C16H20. The molecule has 0 aromatic heterocycles. The normalized spacial score (nSPS) is 18.4. The first-order valence-corrected chi connectivity index (χ1v) is 6.02. The zero-order valence-corrected chi connectivity index (χ0v) is 10.5. The number of benzene rings is 1. The average Bonchev–Trinajstić information content (AvgIpc) is 2.30. The van der Waals surface area contributed by atoms with Crippen LogP contribution in [-0.2, 0) is 11.8 Å². The topological polar surface area (TPSA) is 0 Å². The summed E-state index contributed by atoms with van der Waals surface area (Å²) in [5.74, 6) is 0. The standard InChI is InChI=1S/C16H20/c1-13-9-8-11-15-14(13)10-6-4-5-7-12-16(15,2)3/h4-9,11H,10,12H2,1-3H3. The third-order valence-corrected chi connectivity index (χ3v) is 3.47. The summed E-state index contributed by atoms with van der Waals surface area (Å²) in [5.41, 5.74) is 4.66. The molecule has 0 spiro atoms. The van der Waals surface area contributed by atoms with Crippen molar-refractivity contribution < 1.29 is 0 Å². The van der Waals surface area contributed by atoms with Crippen molar-refractivity contribution in [1.82, 2.24) is 0 Å². The number of allylic oxidation sites excluding steroid dienone is 4. The Bertz CT molecular complexity index is 433. The van der Waals surface area contributed by atoms with Crippen LogP contribution in [0.2, 0.25) is 0 Å². The lowest BCUT2D eigenvalue weighted by atomic mass is 9.77. The second kappa shape index (κ2) is 4.29. The van der Waals surface area contributed by atoms with Gasteiger partial charge in [0.2, 0.25) is 0 Å². The average molecular weight is 212 g/mol. The van der Waals surface area contributed by atoms with E-state index in [1.165, 1.54) is 16.7 Å². The molecule has 1 aliphatic rings. The van der Waals surface area contributed by atoms with Crippen molar-refractivity contribution >= 4 is 0 Å². The van der Waals surface area contributed by atoms with Gasteiger partial charge in [0.05, 0.1) is 0 Å². The highest BCUT2D eigenvalue weighted by Crippen LogP contribution is 2.32. The zero-order valence-electron chi connectivity index (χ0n) is 10.5. The first-order valence-electron chi connectivity index (χ1n) is 6.02. The molecule has 0 amide bonds. The van der Waals surface area contributed by atoms with Gasteiger partial charge in [-0.1, -0.05) is 56.4 Å². The van der Waals surface area contributed by atoms with Crippen molar-refractivity contribution in [3.8, 4) is 0 Å². The Morgan fingerprint density at radius 2 is 1.81 bits per heavy atom. The van der Waals surface area contributed by atoms with Crippen LogP contribution >= 0.6 is 0 Å². The van der Waals surface area contributed by atoms with Crippen LogP contribution in [0.25, 0.3) is 0 Å². The lowest BCUT2D eigenvalue weighted by Crippen LogP contribution is -2.18. The molecule has 0 heteroatoms. The molecule has 0 N–H and O–H groups in total. The molecule has 1 aromatic rings. The summed E-state index contributed by atoms with van der Waals surface area (Å²) in [4.78, 5) is 0. The lowest BCUT2D eigenvalue weighted by Gasteiger charge is -2.27. The van der Waals surface area contributed by atoms with E-state index in [-0.39, 0.29) is 5.41 Å². The fourth-order valence-corrected chi connectivity index (χ4v) is 2.42. The summed E-state index contributed by atoms with van der Waals surface area (Å²) in [6.07, 6.45) is 11.0. The maximum Gasteiger partial charge on any atom is -0.00661 e. The third kappa shape index (κ3) is 2.11. The highest BCUT2D eigenvalue weighted by Gasteiger charge is 2.22. The van der Waals surface area contributed by atoms with Gasteiger partial charge >= 0.3 is 0 Å². The molecule has 16 heavy (non-hydrogen) atoms. The van der Waals surface area contributed by atoms with Gasteiger partial charge in [-0.05, 0) is 41.9 Å². The number of hydrogen-bond acceptors (Lipinski definition) is 0. The van der Waals surface area contributed by atoms with Gasteiger partial charge in [-0.25, -0.2) is 0 Å². The van der Waals surface area contributed by atoms with Crippen LogP contribution < -0.4 is 0 Å². The van der Waals surface area contributed by atoms with E-state index in [2.05, 4.69) is 63.3 Å². The van der Waals surface area contributed by atoms with E-state index in [0.717, 1.165) is 12.8 Å². The maximum absolute atomic E-state index is 2.33.